The molecule has 0 spiro atoms. The van der Waals surface area contributed by atoms with Crippen LogP contribution >= 0.6 is 0 Å². The first-order valence-corrected chi connectivity index (χ1v) is 12.4. The second-order valence-electron chi connectivity index (χ2n) is 9.58. The second kappa shape index (κ2) is 11.3. The van der Waals surface area contributed by atoms with E-state index >= 15 is 0 Å². The van der Waals surface area contributed by atoms with Gasteiger partial charge in [-0.2, -0.15) is 0 Å². The van der Waals surface area contributed by atoms with Crippen molar-refractivity contribution in [1.82, 2.24) is 4.90 Å². The Labute approximate surface area is 197 Å². The SMILES string of the molecule is CCCCOCN1[C@@H]2CC[C@@]1(Cc1ccccc1)C[C@@H](OC(=O)C(CO)c1ccccc1)C2. The van der Waals surface area contributed by atoms with Crippen molar-refractivity contribution in [1.29, 1.82) is 0 Å². The van der Waals surface area contributed by atoms with E-state index in [1.54, 1.807) is 0 Å². The van der Waals surface area contributed by atoms with E-state index in [0.717, 1.165) is 57.1 Å². The summed E-state index contributed by atoms with van der Waals surface area (Å²) in [6.45, 7) is 3.36. The van der Waals surface area contributed by atoms with Crippen LogP contribution in [0.5, 0.6) is 0 Å². The van der Waals surface area contributed by atoms with Crippen molar-refractivity contribution < 1.29 is 19.4 Å². The third-order valence-corrected chi connectivity index (χ3v) is 7.34. The zero-order valence-corrected chi connectivity index (χ0v) is 19.7. The number of fused-ring (bicyclic) bond motifs is 2. The fourth-order valence-electron chi connectivity index (χ4n) is 5.62. The fraction of sp³-hybridized carbons (Fsp3) is 0.536. The summed E-state index contributed by atoms with van der Waals surface area (Å²) in [7, 11) is 0. The minimum atomic E-state index is -0.635. The summed E-state index contributed by atoms with van der Waals surface area (Å²) in [5.74, 6) is -0.958. The van der Waals surface area contributed by atoms with Gasteiger partial charge in [-0.1, -0.05) is 74.0 Å². The first-order chi connectivity index (χ1) is 16.1. The first-order valence-electron chi connectivity index (χ1n) is 12.4. The maximum Gasteiger partial charge on any atom is 0.316 e. The number of ether oxygens (including phenoxy) is 2. The van der Waals surface area contributed by atoms with Crippen LogP contribution in [-0.4, -0.2) is 53.6 Å². The van der Waals surface area contributed by atoms with Gasteiger partial charge < -0.3 is 14.6 Å². The number of rotatable bonds is 11. The number of benzene rings is 2. The Morgan fingerprint density at radius 1 is 1.15 bits per heavy atom. The predicted octanol–water partition coefficient (Wildman–Crippen LogP) is 4.69. The standard InChI is InChI=1S/C28H37NO4/c1-2-3-16-32-21-29-24-14-15-28(29,18-22-10-6-4-7-11-22)19-25(17-24)33-27(31)26(20-30)23-12-8-5-9-13-23/h4-13,24-26,30H,2-3,14-21H2,1H3/t24-,25+,26?,28-/m1/s1. The molecule has 1 unspecified atom stereocenters. The van der Waals surface area contributed by atoms with Crippen LogP contribution in [0.3, 0.4) is 0 Å². The van der Waals surface area contributed by atoms with E-state index in [1.807, 2.05) is 36.4 Å². The summed E-state index contributed by atoms with van der Waals surface area (Å²) in [5.41, 5.74) is 2.04. The van der Waals surface area contributed by atoms with Crippen LogP contribution in [0.4, 0.5) is 0 Å². The highest BCUT2D eigenvalue weighted by molar-refractivity contribution is 5.78. The number of piperidine rings is 1. The second-order valence-corrected chi connectivity index (χ2v) is 9.58. The molecule has 2 aliphatic rings. The van der Waals surface area contributed by atoms with Crippen molar-refractivity contribution in [3.8, 4) is 0 Å². The van der Waals surface area contributed by atoms with Gasteiger partial charge in [0.2, 0.25) is 0 Å². The molecule has 2 aromatic rings. The smallest absolute Gasteiger partial charge is 0.316 e. The Kier molecular flexibility index (Phi) is 8.18. The van der Waals surface area contributed by atoms with Crippen LogP contribution in [0.1, 0.15) is 62.5 Å². The molecule has 2 heterocycles. The van der Waals surface area contributed by atoms with Crippen molar-refractivity contribution >= 4 is 5.97 Å². The molecule has 5 heteroatoms. The molecule has 0 aliphatic carbocycles. The average Bonchev–Trinajstić information content (AvgIpc) is 3.03. The van der Waals surface area contributed by atoms with E-state index in [9.17, 15) is 9.90 Å². The molecule has 4 rings (SSSR count). The van der Waals surface area contributed by atoms with Gasteiger partial charge in [-0.15, -0.1) is 0 Å². The van der Waals surface area contributed by atoms with E-state index in [2.05, 4.69) is 36.1 Å². The number of hydrogen-bond acceptors (Lipinski definition) is 5. The number of esters is 1. The molecular weight excluding hydrogens is 414 g/mol. The summed E-state index contributed by atoms with van der Waals surface area (Å²) >= 11 is 0. The summed E-state index contributed by atoms with van der Waals surface area (Å²) in [5, 5.41) is 9.90. The molecule has 0 saturated carbocycles. The van der Waals surface area contributed by atoms with E-state index in [-0.39, 0.29) is 24.2 Å². The van der Waals surface area contributed by atoms with Crippen molar-refractivity contribution in [2.24, 2.45) is 0 Å². The molecule has 2 bridgehead atoms. The quantitative estimate of drug-likeness (QED) is 0.397. The molecular formula is C28H37NO4. The maximum atomic E-state index is 13.0. The Balaban J connectivity index is 1.49. The van der Waals surface area contributed by atoms with Gasteiger partial charge in [0.05, 0.1) is 13.3 Å². The van der Waals surface area contributed by atoms with Gasteiger partial charge in [-0.3, -0.25) is 9.69 Å². The van der Waals surface area contributed by atoms with Gasteiger partial charge in [0.1, 0.15) is 12.0 Å². The van der Waals surface area contributed by atoms with Crippen LogP contribution in [-0.2, 0) is 20.7 Å². The van der Waals surface area contributed by atoms with Crippen molar-refractivity contribution in [3.05, 3.63) is 71.8 Å². The molecule has 2 aliphatic heterocycles. The van der Waals surface area contributed by atoms with Crippen molar-refractivity contribution in [2.75, 3.05) is 19.9 Å². The summed E-state index contributed by atoms with van der Waals surface area (Å²) in [6.07, 6.45) is 6.80. The largest absolute Gasteiger partial charge is 0.462 e. The van der Waals surface area contributed by atoms with Gasteiger partial charge >= 0.3 is 5.97 Å². The lowest BCUT2D eigenvalue weighted by Crippen LogP contribution is -2.56. The normalized spacial score (nSPS) is 25.6. The van der Waals surface area contributed by atoms with E-state index in [1.165, 1.54) is 5.56 Å². The third-order valence-electron chi connectivity index (χ3n) is 7.34. The van der Waals surface area contributed by atoms with Gasteiger partial charge in [0.15, 0.2) is 0 Å². The van der Waals surface area contributed by atoms with Crippen LogP contribution in [0.25, 0.3) is 0 Å². The average molecular weight is 452 g/mol. The molecule has 1 N–H and O–H groups in total. The monoisotopic (exact) mass is 451 g/mol. The molecule has 4 atom stereocenters. The molecule has 2 aromatic carbocycles. The lowest BCUT2D eigenvalue weighted by Gasteiger charge is -2.47. The third kappa shape index (κ3) is 5.65. The van der Waals surface area contributed by atoms with Crippen LogP contribution < -0.4 is 0 Å². The summed E-state index contributed by atoms with van der Waals surface area (Å²) in [4.78, 5) is 15.6. The predicted molar refractivity (Wildman–Crippen MR) is 129 cm³/mol. The van der Waals surface area contributed by atoms with Crippen LogP contribution in [0.15, 0.2) is 60.7 Å². The van der Waals surface area contributed by atoms with Crippen LogP contribution in [0.2, 0.25) is 0 Å². The first kappa shape index (κ1) is 23.9. The zero-order valence-electron chi connectivity index (χ0n) is 19.7. The lowest BCUT2D eigenvalue weighted by molar-refractivity contribution is -0.160. The van der Waals surface area contributed by atoms with Gasteiger partial charge in [0.25, 0.3) is 0 Å². The number of aliphatic hydroxyl groups is 1. The molecule has 2 fully saturated rings. The topological polar surface area (TPSA) is 59.0 Å². The number of carbonyl (C=O) groups excluding carboxylic acids is 1. The van der Waals surface area contributed by atoms with E-state index in [4.69, 9.17) is 9.47 Å². The number of nitrogens with zero attached hydrogens (tertiary/aromatic N) is 1. The van der Waals surface area contributed by atoms with Gasteiger partial charge in [-0.05, 0) is 36.8 Å². The highest BCUT2D eigenvalue weighted by Gasteiger charge is 2.52. The lowest BCUT2D eigenvalue weighted by atomic mass is 9.81. The molecule has 0 radical (unpaired) electrons. The minimum absolute atomic E-state index is 0.0666. The molecule has 178 valence electrons. The number of carbonyl (C=O) groups is 1. The Bertz CT molecular complexity index is 874. The van der Waals surface area contributed by atoms with Gasteiger partial charge in [-0.25, -0.2) is 0 Å². The fourth-order valence-corrected chi connectivity index (χ4v) is 5.62. The minimum Gasteiger partial charge on any atom is -0.462 e. The van der Waals surface area contributed by atoms with Gasteiger partial charge in [0, 0.05) is 31.0 Å². The Hall–Kier alpha value is -2.21. The molecule has 2 saturated heterocycles. The number of unbranched alkanes of at least 4 members (excludes halogenated alkanes) is 1. The molecule has 33 heavy (non-hydrogen) atoms. The van der Waals surface area contributed by atoms with E-state index in [0.29, 0.717) is 12.8 Å². The Morgan fingerprint density at radius 3 is 2.58 bits per heavy atom. The Morgan fingerprint density at radius 2 is 1.88 bits per heavy atom. The summed E-state index contributed by atoms with van der Waals surface area (Å²) < 4.78 is 12.1. The maximum absolute atomic E-state index is 13.0. The number of aliphatic hydroxyl groups excluding tert-OH is 1. The highest BCUT2D eigenvalue weighted by atomic mass is 16.5. The molecule has 0 amide bonds. The highest BCUT2D eigenvalue weighted by Crippen LogP contribution is 2.47. The zero-order chi connectivity index (χ0) is 23.1. The van der Waals surface area contributed by atoms with Crippen molar-refractivity contribution in [3.63, 3.8) is 0 Å². The molecule has 0 aromatic heterocycles. The van der Waals surface area contributed by atoms with Crippen LogP contribution in [0, 0.1) is 0 Å². The number of hydrogen-bond donors (Lipinski definition) is 1. The molecule has 5 nitrogen and oxygen atoms in total. The van der Waals surface area contributed by atoms with E-state index < -0.39 is 5.92 Å². The summed E-state index contributed by atoms with van der Waals surface area (Å²) in [6, 6.07) is 20.4. The van der Waals surface area contributed by atoms with Crippen molar-refractivity contribution in [2.45, 2.75) is 75.5 Å².